The van der Waals surface area contributed by atoms with Crippen LogP contribution in [0.25, 0.3) is 0 Å². The Morgan fingerprint density at radius 2 is 1.94 bits per heavy atom. The van der Waals surface area contributed by atoms with Crippen molar-refractivity contribution in [2.45, 2.75) is 37.8 Å². The Kier molecular flexibility index (Phi) is 8.88. The average molecular weight is 458 g/mol. The summed E-state index contributed by atoms with van der Waals surface area (Å²) in [5.41, 5.74) is 0.617. The zero-order valence-corrected chi connectivity index (χ0v) is 19.0. The van der Waals surface area contributed by atoms with E-state index in [1.54, 1.807) is 37.4 Å². The van der Waals surface area contributed by atoms with Crippen molar-refractivity contribution in [2.75, 3.05) is 33.9 Å². The van der Waals surface area contributed by atoms with Crippen LogP contribution in [0.5, 0.6) is 5.75 Å². The van der Waals surface area contributed by atoms with E-state index < -0.39 is 17.9 Å². The minimum Gasteiger partial charge on any atom is -0.497 e. The maximum absolute atomic E-state index is 13.4. The van der Waals surface area contributed by atoms with E-state index in [9.17, 15) is 14.4 Å². The molecule has 0 saturated heterocycles. The number of ether oxygens (including phenoxy) is 2. The van der Waals surface area contributed by atoms with Gasteiger partial charge >= 0.3 is 0 Å². The molecule has 178 valence electrons. The fraction of sp³-hybridized carbons (Fsp3) is 0.458. The molecule has 9 nitrogen and oxygen atoms in total. The molecule has 1 heterocycles. The lowest BCUT2D eigenvalue weighted by Crippen LogP contribution is -2.49. The van der Waals surface area contributed by atoms with Crippen molar-refractivity contribution >= 4 is 17.7 Å². The van der Waals surface area contributed by atoms with Crippen molar-refractivity contribution in [1.82, 2.24) is 15.5 Å². The first-order chi connectivity index (χ1) is 16.0. The third kappa shape index (κ3) is 6.58. The largest absolute Gasteiger partial charge is 0.497 e. The minimum absolute atomic E-state index is 0.0867. The van der Waals surface area contributed by atoms with Crippen LogP contribution in [0, 0.1) is 0 Å². The lowest BCUT2D eigenvalue weighted by Gasteiger charge is -2.32. The molecule has 0 radical (unpaired) electrons. The van der Waals surface area contributed by atoms with E-state index in [-0.39, 0.29) is 37.4 Å². The Balaban J connectivity index is 1.84. The number of carbonyl (C=O) groups excluding carboxylic acids is 3. The Morgan fingerprint density at radius 1 is 1.15 bits per heavy atom. The lowest BCUT2D eigenvalue weighted by molar-refractivity contribution is -0.141. The first kappa shape index (κ1) is 24.3. The predicted octanol–water partition coefficient (Wildman–Crippen LogP) is 2.29. The van der Waals surface area contributed by atoms with Gasteiger partial charge in [0, 0.05) is 19.7 Å². The molecule has 1 aromatic carbocycles. The van der Waals surface area contributed by atoms with Crippen LogP contribution >= 0.6 is 0 Å². The van der Waals surface area contributed by atoms with E-state index in [1.807, 2.05) is 0 Å². The molecule has 33 heavy (non-hydrogen) atoms. The van der Waals surface area contributed by atoms with Crippen LogP contribution in [-0.4, -0.2) is 62.6 Å². The van der Waals surface area contributed by atoms with Crippen LogP contribution in [0.3, 0.4) is 0 Å². The number of rotatable bonds is 11. The number of nitrogens with one attached hydrogen (secondary N) is 2. The van der Waals surface area contributed by atoms with Crippen LogP contribution in [-0.2, 0) is 14.3 Å². The van der Waals surface area contributed by atoms with Gasteiger partial charge in [-0.15, -0.1) is 0 Å². The second-order valence-corrected chi connectivity index (χ2v) is 7.91. The van der Waals surface area contributed by atoms with Gasteiger partial charge in [0.2, 0.25) is 11.8 Å². The molecule has 2 N–H and O–H groups in total. The predicted molar refractivity (Wildman–Crippen MR) is 121 cm³/mol. The monoisotopic (exact) mass is 457 g/mol. The second-order valence-electron chi connectivity index (χ2n) is 7.91. The number of hydrogen-bond acceptors (Lipinski definition) is 6. The highest BCUT2D eigenvalue weighted by Gasteiger charge is 2.33. The molecule has 3 amide bonds. The van der Waals surface area contributed by atoms with Gasteiger partial charge in [0.15, 0.2) is 5.76 Å². The van der Waals surface area contributed by atoms with Gasteiger partial charge in [-0.2, -0.15) is 0 Å². The molecular weight excluding hydrogens is 426 g/mol. The average Bonchev–Trinajstić information content (AvgIpc) is 3.54. The van der Waals surface area contributed by atoms with Crippen LogP contribution in [0.15, 0.2) is 47.1 Å². The molecule has 1 aliphatic carbocycles. The molecule has 1 fully saturated rings. The summed E-state index contributed by atoms with van der Waals surface area (Å²) in [7, 11) is 3.07. The SMILES string of the molecule is COCCN(C(=O)CNC(=O)c1ccco1)[C@@H](C(=O)NC1CCCC1)c1cccc(OC)c1. The Bertz CT molecular complexity index is 924. The zero-order valence-electron chi connectivity index (χ0n) is 19.0. The molecule has 0 unspecified atom stereocenters. The minimum atomic E-state index is -0.899. The first-order valence-corrected chi connectivity index (χ1v) is 11.1. The summed E-state index contributed by atoms with van der Waals surface area (Å²) < 4.78 is 15.6. The van der Waals surface area contributed by atoms with Crippen molar-refractivity contribution in [1.29, 1.82) is 0 Å². The summed E-state index contributed by atoms with van der Waals surface area (Å²) in [4.78, 5) is 40.4. The molecule has 1 aliphatic rings. The summed E-state index contributed by atoms with van der Waals surface area (Å²) in [6, 6.07) is 9.38. The molecule has 1 aromatic heterocycles. The van der Waals surface area contributed by atoms with Crippen molar-refractivity contribution in [2.24, 2.45) is 0 Å². The molecule has 2 aromatic rings. The number of amides is 3. The maximum Gasteiger partial charge on any atom is 0.287 e. The summed E-state index contributed by atoms with van der Waals surface area (Å²) in [5.74, 6) is -0.502. The molecule has 0 spiro atoms. The highest BCUT2D eigenvalue weighted by Crippen LogP contribution is 2.26. The number of nitrogens with zero attached hydrogens (tertiary/aromatic N) is 1. The maximum atomic E-state index is 13.4. The van der Waals surface area contributed by atoms with Crippen molar-refractivity contribution in [3.63, 3.8) is 0 Å². The third-order valence-corrected chi connectivity index (χ3v) is 5.67. The van der Waals surface area contributed by atoms with Gasteiger partial charge in [-0.25, -0.2) is 0 Å². The van der Waals surface area contributed by atoms with Gasteiger partial charge in [-0.05, 0) is 42.7 Å². The van der Waals surface area contributed by atoms with Crippen molar-refractivity contribution in [3.8, 4) is 5.75 Å². The van der Waals surface area contributed by atoms with E-state index in [1.165, 1.54) is 24.3 Å². The fourth-order valence-corrected chi connectivity index (χ4v) is 3.97. The molecule has 1 atom stereocenters. The molecule has 0 aliphatic heterocycles. The van der Waals surface area contributed by atoms with Gasteiger partial charge in [-0.1, -0.05) is 25.0 Å². The highest BCUT2D eigenvalue weighted by atomic mass is 16.5. The van der Waals surface area contributed by atoms with E-state index in [2.05, 4.69) is 10.6 Å². The number of benzene rings is 1. The van der Waals surface area contributed by atoms with E-state index >= 15 is 0 Å². The Hall–Kier alpha value is -3.33. The van der Waals surface area contributed by atoms with Crippen molar-refractivity contribution < 1.29 is 28.3 Å². The first-order valence-electron chi connectivity index (χ1n) is 11.1. The van der Waals surface area contributed by atoms with Gasteiger partial charge in [0.1, 0.15) is 11.8 Å². The Labute approximate surface area is 193 Å². The van der Waals surface area contributed by atoms with Crippen LogP contribution in [0.2, 0.25) is 0 Å². The van der Waals surface area contributed by atoms with Crippen molar-refractivity contribution in [3.05, 3.63) is 54.0 Å². The summed E-state index contributed by atoms with van der Waals surface area (Å²) in [5, 5.41) is 5.66. The summed E-state index contributed by atoms with van der Waals surface area (Å²) >= 11 is 0. The topological polar surface area (TPSA) is 110 Å². The number of methoxy groups -OCH3 is 2. The molecule has 9 heteroatoms. The summed E-state index contributed by atoms with van der Waals surface area (Å²) in [6.45, 7) is 0.112. The van der Waals surface area contributed by atoms with Crippen LogP contribution in [0.1, 0.15) is 47.8 Å². The number of furan rings is 1. The quantitative estimate of drug-likeness (QED) is 0.536. The van der Waals surface area contributed by atoms with E-state index in [4.69, 9.17) is 13.9 Å². The Morgan fingerprint density at radius 3 is 2.61 bits per heavy atom. The molecule has 3 rings (SSSR count). The zero-order chi connectivity index (χ0) is 23.6. The molecule has 0 bridgehead atoms. The van der Waals surface area contributed by atoms with Gasteiger partial charge in [0.25, 0.3) is 5.91 Å². The number of hydrogen-bond donors (Lipinski definition) is 2. The van der Waals surface area contributed by atoms with E-state index in [0.717, 1.165) is 25.7 Å². The fourth-order valence-electron chi connectivity index (χ4n) is 3.97. The second kappa shape index (κ2) is 12.1. The van der Waals surface area contributed by atoms with E-state index in [0.29, 0.717) is 11.3 Å². The summed E-state index contributed by atoms with van der Waals surface area (Å²) in [6.07, 6.45) is 5.36. The van der Waals surface area contributed by atoms with Crippen LogP contribution < -0.4 is 15.4 Å². The lowest BCUT2D eigenvalue weighted by atomic mass is 10.0. The van der Waals surface area contributed by atoms with Crippen LogP contribution in [0.4, 0.5) is 0 Å². The normalized spacial score (nSPS) is 14.5. The van der Waals surface area contributed by atoms with Gasteiger partial charge in [0.05, 0.1) is 26.5 Å². The molecular formula is C24H31N3O6. The molecule has 1 saturated carbocycles. The van der Waals surface area contributed by atoms with Gasteiger partial charge in [-0.3, -0.25) is 14.4 Å². The highest BCUT2D eigenvalue weighted by molar-refractivity contribution is 5.95. The standard InChI is InChI=1S/C24H31N3O6/c1-31-14-12-27(21(28)16-25-23(29)20-11-6-13-33-20)22(17-7-5-10-19(15-17)32-2)24(30)26-18-8-3-4-9-18/h5-7,10-11,13,15,18,22H,3-4,8-9,12,14,16H2,1-2H3,(H,25,29)(H,26,30)/t22-/m1/s1. The third-order valence-electron chi connectivity index (χ3n) is 5.67. The number of carbonyl (C=O) groups is 3. The van der Waals surface area contributed by atoms with Gasteiger partial charge < -0.3 is 29.4 Å². The smallest absolute Gasteiger partial charge is 0.287 e.